The Labute approximate surface area is 115 Å². The molecular weight excluding hydrogens is 242 g/mol. The number of carbonyl (C=O) groups excluding carboxylic acids is 1. The molecule has 0 atom stereocenters. The van der Waals surface area contributed by atoms with Crippen LogP contribution < -0.4 is 0 Å². The van der Waals surface area contributed by atoms with Crippen LogP contribution in [0.2, 0.25) is 0 Å². The third-order valence-electron chi connectivity index (χ3n) is 4.11. The highest BCUT2D eigenvalue weighted by atomic mass is 16.4. The lowest BCUT2D eigenvalue weighted by atomic mass is 9.79. The minimum Gasteiger partial charge on any atom is -0.481 e. The van der Waals surface area contributed by atoms with E-state index in [4.69, 9.17) is 6.42 Å². The Hall–Kier alpha value is -1.50. The lowest BCUT2D eigenvalue weighted by Crippen LogP contribution is -2.40. The van der Waals surface area contributed by atoms with Gasteiger partial charge in [-0.1, -0.05) is 19.8 Å². The molecule has 1 rings (SSSR count). The molecule has 1 fully saturated rings. The summed E-state index contributed by atoms with van der Waals surface area (Å²) < 4.78 is 0. The van der Waals surface area contributed by atoms with E-state index in [-0.39, 0.29) is 18.9 Å². The van der Waals surface area contributed by atoms with Crippen molar-refractivity contribution in [3.63, 3.8) is 0 Å². The van der Waals surface area contributed by atoms with Gasteiger partial charge in [-0.2, -0.15) is 0 Å². The maximum Gasteiger partial charge on any atom is 0.310 e. The minimum atomic E-state index is -0.951. The van der Waals surface area contributed by atoms with Gasteiger partial charge in [0.2, 0.25) is 5.91 Å². The summed E-state index contributed by atoms with van der Waals surface area (Å²) >= 11 is 0. The number of nitrogens with zero attached hydrogens (tertiary/aromatic N) is 1. The largest absolute Gasteiger partial charge is 0.481 e. The van der Waals surface area contributed by atoms with Gasteiger partial charge in [0, 0.05) is 13.0 Å². The van der Waals surface area contributed by atoms with Crippen LogP contribution in [0.1, 0.15) is 46.0 Å². The Bertz CT molecular complexity index is 375. The third-order valence-corrected chi connectivity index (χ3v) is 4.11. The Morgan fingerprint density at radius 1 is 1.37 bits per heavy atom. The summed E-state index contributed by atoms with van der Waals surface area (Å²) in [6.45, 7) is 4.58. The van der Waals surface area contributed by atoms with E-state index in [0.29, 0.717) is 25.3 Å². The van der Waals surface area contributed by atoms with Crippen LogP contribution in [0.15, 0.2) is 0 Å². The molecule has 1 amide bonds. The first kappa shape index (κ1) is 15.6. The van der Waals surface area contributed by atoms with E-state index >= 15 is 0 Å². The van der Waals surface area contributed by atoms with Crippen LogP contribution in [0.25, 0.3) is 0 Å². The first-order valence-electron chi connectivity index (χ1n) is 6.93. The maximum absolute atomic E-state index is 12.3. The summed E-state index contributed by atoms with van der Waals surface area (Å²) in [5, 5.41) is 9.37. The second-order valence-electron chi connectivity index (χ2n) is 5.39. The number of carbonyl (C=O) groups is 2. The van der Waals surface area contributed by atoms with E-state index in [1.807, 2.05) is 13.8 Å². The molecule has 0 spiro atoms. The van der Waals surface area contributed by atoms with Gasteiger partial charge in [-0.15, -0.1) is 6.42 Å². The highest BCUT2D eigenvalue weighted by Crippen LogP contribution is 2.33. The van der Waals surface area contributed by atoms with Crippen LogP contribution in [0, 0.1) is 23.7 Å². The SMILES string of the molecule is C#CCN(CC1CC1)C(=O)CC(CC)(CC)C(=O)O. The van der Waals surface area contributed by atoms with Crippen molar-refractivity contribution >= 4 is 11.9 Å². The molecule has 0 aromatic rings. The summed E-state index contributed by atoms with van der Waals surface area (Å²) in [6, 6.07) is 0. The van der Waals surface area contributed by atoms with Gasteiger partial charge < -0.3 is 10.0 Å². The zero-order valence-corrected chi connectivity index (χ0v) is 11.8. The number of rotatable bonds is 8. The first-order chi connectivity index (χ1) is 8.99. The smallest absolute Gasteiger partial charge is 0.310 e. The normalized spacial score (nSPS) is 14.8. The van der Waals surface area contributed by atoms with Gasteiger partial charge in [0.1, 0.15) is 0 Å². The average molecular weight is 265 g/mol. The third kappa shape index (κ3) is 3.99. The predicted octanol–water partition coefficient (Wildman–Crippen LogP) is 2.14. The second-order valence-corrected chi connectivity index (χ2v) is 5.39. The summed E-state index contributed by atoms with van der Waals surface area (Å²) in [7, 11) is 0. The van der Waals surface area contributed by atoms with Gasteiger partial charge >= 0.3 is 5.97 Å². The molecule has 0 aromatic carbocycles. The first-order valence-corrected chi connectivity index (χ1v) is 6.93. The highest BCUT2D eigenvalue weighted by molar-refractivity contribution is 5.85. The van der Waals surface area contributed by atoms with Crippen LogP contribution in [-0.4, -0.2) is 35.0 Å². The van der Waals surface area contributed by atoms with Gasteiger partial charge in [-0.05, 0) is 31.6 Å². The molecule has 0 unspecified atom stereocenters. The monoisotopic (exact) mass is 265 g/mol. The van der Waals surface area contributed by atoms with Crippen molar-refractivity contribution in [2.24, 2.45) is 11.3 Å². The molecule has 1 aliphatic carbocycles. The van der Waals surface area contributed by atoms with E-state index < -0.39 is 11.4 Å². The highest BCUT2D eigenvalue weighted by Gasteiger charge is 2.39. The number of terminal acetylenes is 1. The van der Waals surface area contributed by atoms with E-state index in [1.54, 1.807) is 4.90 Å². The Balaban J connectivity index is 2.72. The van der Waals surface area contributed by atoms with E-state index in [0.717, 1.165) is 12.8 Å². The van der Waals surface area contributed by atoms with Crippen molar-refractivity contribution in [1.29, 1.82) is 0 Å². The predicted molar refractivity (Wildman–Crippen MR) is 73.4 cm³/mol. The van der Waals surface area contributed by atoms with Crippen LogP contribution >= 0.6 is 0 Å². The lowest BCUT2D eigenvalue weighted by Gasteiger charge is -2.29. The fraction of sp³-hybridized carbons (Fsp3) is 0.733. The summed E-state index contributed by atoms with van der Waals surface area (Å²) in [4.78, 5) is 25.4. The van der Waals surface area contributed by atoms with Crippen molar-refractivity contribution in [3.05, 3.63) is 0 Å². The number of aliphatic carboxylic acids is 1. The topological polar surface area (TPSA) is 57.6 Å². The van der Waals surface area contributed by atoms with Gasteiger partial charge in [-0.25, -0.2) is 0 Å². The Kier molecular flexibility index (Phi) is 5.41. The quantitative estimate of drug-likeness (QED) is 0.684. The number of carboxylic acids is 1. The maximum atomic E-state index is 12.3. The molecule has 1 saturated carbocycles. The summed E-state index contributed by atoms with van der Waals surface area (Å²) in [5.41, 5.74) is -0.951. The van der Waals surface area contributed by atoms with Crippen molar-refractivity contribution in [2.45, 2.75) is 46.0 Å². The molecule has 0 aromatic heterocycles. The Morgan fingerprint density at radius 3 is 2.32 bits per heavy atom. The number of carboxylic acid groups (broad SMARTS) is 1. The number of amides is 1. The molecule has 0 heterocycles. The second kappa shape index (κ2) is 6.60. The molecule has 0 bridgehead atoms. The molecule has 4 nitrogen and oxygen atoms in total. The van der Waals surface area contributed by atoms with Crippen LogP contribution in [0.5, 0.6) is 0 Å². The Morgan fingerprint density at radius 2 is 1.95 bits per heavy atom. The standard InChI is InChI=1S/C15H23NO3/c1-4-9-16(11-12-7-8-12)13(17)10-15(5-2,6-3)14(18)19/h1,12H,5-11H2,2-3H3,(H,18,19). The molecule has 19 heavy (non-hydrogen) atoms. The summed E-state index contributed by atoms with van der Waals surface area (Å²) in [5.74, 6) is 2.03. The molecule has 4 heteroatoms. The minimum absolute atomic E-state index is 0.0454. The van der Waals surface area contributed by atoms with E-state index in [1.165, 1.54) is 0 Å². The van der Waals surface area contributed by atoms with Crippen LogP contribution in [0.4, 0.5) is 0 Å². The fourth-order valence-electron chi connectivity index (χ4n) is 2.26. The van der Waals surface area contributed by atoms with Gasteiger partial charge in [0.25, 0.3) is 0 Å². The van der Waals surface area contributed by atoms with Crippen LogP contribution in [-0.2, 0) is 9.59 Å². The molecule has 1 aliphatic rings. The lowest BCUT2D eigenvalue weighted by molar-refractivity contribution is -0.154. The zero-order valence-electron chi connectivity index (χ0n) is 11.8. The number of hydrogen-bond acceptors (Lipinski definition) is 2. The molecule has 0 radical (unpaired) electrons. The molecule has 1 N–H and O–H groups in total. The zero-order chi connectivity index (χ0) is 14.5. The van der Waals surface area contributed by atoms with Gasteiger partial charge in [0.15, 0.2) is 0 Å². The molecule has 0 saturated heterocycles. The van der Waals surface area contributed by atoms with Crippen molar-refractivity contribution in [2.75, 3.05) is 13.1 Å². The molecular formula is C15H23NO3. The van der Waals surface area contributed by atoms with E-state index in [9.17, 15) is 14.7 Å². The van der Waals surface area contributed by atoms with Gasteiger partial charge in [0.05, 0.1) is 12.0 Å². The fourth-order valence-corrected chi connectivity index (χ4v) is 2.26. The van der Waals surface area contributed by atoms with Crippen molar-refractivity contribution < 1.29 is 14.7 Å². The molecule has 106 valence electrons. The van der Waals surface area contributed by atoms with Crippen LogP contribution in [0.3, 0.4) is 0 Å². The van der Waals surface area contributed by atoms with Crippen molar-refractivity contribution in [3.8, 4) is 12.3 Å². The molecule has 0 aliphatic heterocycles. The average Bonchev–Trinajstić information content (AvgIpc) is 3.19. The number of hydrogen-bond donors (Lipinski definition) is 1. The summed E-state index contributed by atoms with van der Waals surface area (Å²) in [6.07, 6.45) is 8.53. The van der Waals surface area contributed by atoms with Gasteiger partial charge in [-0.3, -0.25) is 9.59 Å². The van der Waals surface area contributed by atoms with Crippen molar-refractivity contribution in [1.82, 2.24) is 4.90 Å². The van der Waals surface area contributed by atoms with E-state index in [2.05, 4.69) is 5.92 Å².